The van der Waals surface area contributed by atoms with E-state index in [1.807, 2.05) is 24.3 Å². The van der Waals surface area contributed by atoms with E-state index in [1.54, 1.807) is 0 Å². The van der Waals surface area contributed by atoms with E-state index in [2.05, 4.69) is 68.3 Å². The number of nitrogens with one attached hydrogen (secondary N) is 1. The molecule has 0 amide bonds. The highest BCUT2D eigenvalue weighted by molar-refractivity contribution is 6.33. The van der Waals surface area contributed by atoms with E-state index >= 15 is 0 Å². The van der Waals surface area contributed by atoms with Gasteiger partial charge < -0.3 is 9.88 Å². The predicted octanol–water partition coefficient (Wildman–Crippen LogP) is 5.21. The van der Waals surface area contributed by atoms with Gasteiger partial charge in [-0.15, -0.1) is 0 Å². The van der Waals surface area contributed by atoms with Crippen LogP contribution in [0.3, 0.4) is 0 Å². The van der Waals surface area contributed by atoms with Crippen LogP contribution in [0, 0.1) is 0 Å². The Bertz CT molecular complexity index is 1080. The molecule has 1 aromatic heterocycles. The number of hydrogen-bond donors (Lipinski definition) is 1. The van der Waals surface area contributed by atoms with Crippen LogP contribution in [0.1, 0.15) is 5.56 Å². The highest BCUT2D eigenvalue weighted by Crippen LogP contribution is 2.31. The molecule has 0 aliphatic carbocycles. The lowest BCUT2D eigenvalue weighted by Gasteiger charge is -2.36. The van der Waals surface area contributed by atoms with Gasteiger partial charge in [0.05, 0.1) is 16.1 Å². The van der Waals surface area contributed by atoms with Crippen LogP contribution in [0.4, 0.5) is 5.69 Å². The number of aromatic amines is 1. The standard InChI is InChI=1S/C24H23ClN4/c25-21-16-19(10-11-20(21)24-26-22-8-4-5-9-23(22)27-24)29-14-12-28(13-15-29)17-18-6-2-1-3-7-18/h1-11,16H,12-15,17H2,(H,26,27). The second-order valence-corrected chi connectivity index (χ2v) is 7.92. The number of imidazole rings is 1. The normalized spacial score (nSPS) is 15.1. The van der Waals surface area contributed by atoms with E-state index < -0.39 is 0 Å². The summed E-state index contributed by atoms with van der Waals surface area (Å²) < 4.78 is 0. The van der Waals surface area contributed by atoms with Crippen molar-refractivity contribution >= 4 is 28.3 Å². The minimum absolute atomic E-state index is 0.730. The summed E-state index contributed by atoms with van der Waals surface area (Å²) in [6.07, 6.45) is 0. The number of para-hydroxylation sites is 2. The van der Waals surface area contributed by atoms with Crippen LogP contribution in [0.25, 0.3) is 22.4 Å². The van der Waals surface area contributed by atoms with Gasteiger partial charge in [-0.2, -0.15) is 0 Å². The van der Waals surface area contributed by atoms with Crippen molar-refractivity contribution in [3.63, 3.8) is 0 Å². The lowest BCUT2D eigenvalue weighted by molar-refractivity contribution is 0.250. The Morgan fingerprint density at radius 3 is 2.38 bits per heavy atom. The molecule has 1 aliphatic rings. The molecule has 3 aromatic carbocycles. The third-order valence-corrected chi connectivity index (χ3v) is 5.90. The van der Waals surface area contributed by atoms with Gasteiger partial charge in [0.15, 0.2) is 0 Å². The maximum absolute atomic E-state index is 6.65. The van der Waals surface area contributed by atoms with Gasteiger partial charge in [-0.05, 0) is 35.9 Å². The Morgan fingerprint density at radius 2 is 1.62 bits per heavy atom. The fourth-order valence-electron chi connectivity index (χ4n) is 3.98. The Morgan fingerprint density at radius 1 is 0.862 bits per heavy atom. The Balaban J connectivity index is 1.28. The van der Waals surface area contributed by atoms with Crippen molar-refractivity contribution in [1.82, 2.24) is 14.9 Å². The first-order valence-corrected chi connectivity index (χ1v) is 10.4. The molecule has 1 saturated heterocycles. The molecule has 2 heterocycles. The maximum atomic E-state index is 6.65. The molecule has 0 atom stereocenters. The summed E-state index contributed by atoms with van der Waals surface area (Å²) in [5, 5.41) is 0.730. The Hall–Kier alpha value is -2.82. The van der Waals surface area contributed by atoms with Crippen molar-refractivity contribution in [3.05, 3.63) is 83.4 Å². The second kappa shape index (κ2) is 7.90. The van der Waals surface area contributed by atoms with Gasteiger partial charge in [0.2, 0.25) is 0 Å². The number of hydrogen-bond acceptors (Lipinski definition) is 3. The Labute approximate surface area is 175 Å². The summed E-state index contributed by atoms with van der Waals surface area (Å²) >= 11 is 6.65. The molecule has 1 N–H and O–H groups in total. The van der Waals surface area contributed by atoms with Gasteiger partial charge in [-0.25, -0.2) is 4.98 Å². The third kappa shape index (κ3) is 3.86. The fourth-order valence-corrected chi connectivity index (χ4v) is 4.24. The van der Waals surface area contributed by atoms with Crippen LogP contribution in [0.5, 0.6) is 0 Å². The molecule has 0 spiro atoms. The molecule has 0 unspecified atom stereocenters. The van der Waals surface area contributed by atoms with Crippen LogP contribution in [-0.2, 0) is 6.54 Å². The van der Waals surface area contributed by atoms with Gasteiger partial charge in [0.1, 0.15) is 5.82 Å². The van der Waals surface area contributed by atoms with Crippen molar-refractivity contribution in [2.24, 2.45) is 0 Å². The maximum Gasteiger partial charge on any atom is 0.139 e. The van der Waals surface area contributed by atoms with E-state index in [-0.39, 0.29) is 0 Å². The summed E-state index contributed by atoms with van der Waals surface area (Å²) in [5.74, 6) is 0.815. The van der Waals surface area contributed by atoms with Crippen molar-refractivity contribution in [3.8, 4) is 11.4 Å². The monoisotopic (exact) mass is 402 g/mol. The number of halogens is 1. The molecule has 1 aliphatic heterocycles. The lowest BCUT2D eigenvalue weighted by atomic mass is 10.1. The first-order chi connectivity index (χ1) is 14.3. The van der Waals surface area contributed by atoms with Crippen LogP contribution in [-0.4, -0.2) is 41.0 Å². The molecule has 5 heteroatoms. The highest BCUT2D eigenvalue weighted by atomic mass is 35.5. The molecule has 0 radical (unpaired) electrons. The molecule has 4 aromatic rings. The number of aromatic nitrogens is 2. The van der Waals surface area contributed by atoms with Crippen LogP contribution >= 0.6 is 11.6 Å². The van der Waals surface area contributed by atoms with E-state index in [1.165, 1.54) is 11.3 Å². The van der Waals surface area contributed by atoms with E-state index in [9.17, 15) is 0 Å². The summed E-state index contributed by atoms with van der Waals surface area (Å²) in [6, 6.07) is 25.0. The lowest BCUT2D eigenvalue weighted by Crippen LogP contribution is -2.45. The second-order valence-electron chi connectivity index (χ2n) is 7.52. The van der Waals surface area contributed by atoms with E-state index in [0.717, 1.165) is 60.2 Å². The third-order valence-electron chi connectivity index (χ3n) is 5.58. The molecule has 146 valence electrons. The smallest absolute Gasteiger partial charge is 0.139 e. The summed E-state index contributed by atoms with van der Waals surface area (Å²) in [7, 11) is 0. The molecule has 0 bridgehead atoms. The number of benzene rings is 3. The average Bonchev–Trinajstić information content (AvgIpc) is 3.19. The largest absolute Gasteiger partial charge is 0.369 e. The predicted molar refractivity (Wildman–Crippen MR) is 120 cm³/mol. The van der Waals surface area contributed by atoms with Crippen LogP contribution < -0.4 is 4.90 Å². The number of rotatable bonds is 4. The zero-order valence-corrected chi connectivity index (χ0v) is 16.9. The number of H-pyrrole nitrogens is 1. The minimum Gasteiger partial charge on any atom is -0.369 e. The zero-order chi connectivity index (χ0) is 19.6. The van der Waals surface area contributed by atoms with Crippen molar-refractivity contribution < 1.29 is 0 Å². The number of nitrogens with zero attached hydrogens (tertiary/aromatic N) is 3. The Kier molecular flexibility index (Phi) is 4.96. The number of piperazine rings is 1. The first kappa shape index (κ1) is 18.2. The SMILES string of the molecule is Clc1cc(N2CCN(Cc3ccccc3)CC2)ccc1-c1nc2ccccc2[nH]1. The summed E-state index contributed by atoms with van der Waals surface area (Å²) in [6.45, 7) is 5.14. The fraction of sp³-hybridized carbons (Fsp3) is 0.208. The molecular formula is C24H23ClN4. The average molecular weight is 403 g/mol. The van der Waals surface area contributed by atoms with E-state index in [0.29, 0.717) is 0 Å². The molecular weight excluding hydrogens is 380 g/mol. The topological polar surface area (TPSA) is 35.2 Å². The number of anilines is 1. The van der Waals surface area contributed by atoms with Crippen molar-refractivity contribution in [1.29, 1.82) is 0 Å². The van der Waals surface area contributed by atoms with Crippen LogP contribution in [0.2, 0.25) is 5.02 Å². The molecule has 4 nitrogen and oxygen atoms in total. The summed E-state index contributed by atoms with van der Waals surface area (Å²) in [4.78, 5) is 13.0. The van der Waals surface area contributed by atoms with Crippen molar-refractivity contribution in [2.45, 2.75) is 6.54 Å². The van der Waals surface area contributed by atoms with Gasteiger partial charge in [0.25, 0.3) is 0 Å². The molecule has 5 rings (SSSR count). The number of fused-ring (bicyclic) bond motifs is 1. The highest BCUT2D eigenvalue weighted by Gasteiger charge is 2.18. The zero-order valence-electron chi connectivity index (χ0n) is 16.2. The van der Waals surface area contributed by atoms with Gasteiger partial charge in [-0.1, -0.05) is 54.1 Å². The van der Waals surface area contributed by atoms with Gasteiger partial charge in [-0.3, -0.25) is 4.90 Å². The minimum atomic E-state index is 0.730. The first-order valence-electron chi connectivity index (χ1n) is 10.0. The van der Waals surface area contributed by atoms with Crippen molar-refractivity contribution in [2.75, 3.05) is 31.1 Å². The van der Waals surface area contributed by atoms with Gasteiger partial charge in [0, 0.05) is 44.0 Å². The summed E-state index contributed by atoms with van der Waals surface area (Å²) in [5.41, 5.74) is 5.47. The quantitative estimate of drug-likeness (QED) is 0.509. The van der Waals surface area contributed by atoms with E-state index in [4.69, 9.17) is 11.6 Å². The molecule has 0 saturated carbocycles. The van der Waals surface area contributed by atoms with Crippen LogP contribution in [0.15, 0.2) is 72.8 Å². The van der Waals surface area contributed by atoms with Gasteiger partial charge >= 0.3 is 0 Å². The molecule has 1 fully saturated rings. The molecule has 29 heavy (non-hydrogen) atoms.